The standard InChI is InChI=1S/C10H10ClNO3/c11-8-4-12-9(3-7(8)10(13)14)15-5-6-1-2-6/h3-4,6H,1-2,5H2,(H,13,14). The topological polar surface area (TPSA) is 59.4 Å². The fourth-order valence-corrected chi connectivity index (χ4v) is 1.33. The Morgan fingerprint density at radius 1 is 1.67 bits per heavy atom. The van der Waals surface area contributed by atoms with E-state index >= 15 is 0 Å². The first-order chi connectivity index (χ1) is 7.16. The summed E-state index contributed by atoms with van der Waals surface area (Å²) in [4.78, 5) is 14.7. The number of aromatic carboxylic acids is 1. The smallest absolute Gasteiger partial charge is 0.337 e. The van der Waals surface area contributed by atoms with Gasteiger partial charge in [-0.05, 0) is 18.8 Å². The molecule has 0 aromatic carbocycles. The van der Waals surface area contributed by atoms with Crippen molar-refractivity contribution in [3.8, 4) is 5.88 Å². The molecule has 0 amide bonds. The van der Waals surface area contributed by atoms with Gasteiger partial charge in [-0.25, -0.2) is 9.78 Å². The number of hydrogen-bond donors (Lipinski definition) is 1. The second-order valence-electron chi connectivity index (χ2n) is 3.56. The fraction of sp³-hybridized carbons (Fsp3) is 0.400. The highest BCUT2D eigenvalue weighted by Crippen LogP contribution is 2.29. The minimum absolute atomic E-state index is 0.0254. The molecule has 0 radical (unpaired) electrons. The molecule has 0 atom stereocenters. The molecule has 1 aromatic rings. The zero-order valence-corrected chi connectivity index (χ0v) is 8.70. The van der Waals surface area contributed by atoms with Crippen molar-refractivity contribution in [2.24, 2.45) is 5.92 Å². The van der Waals surface area contributed by atoms with Crippen LogP contribution in [0.5, 0.6) is 5.88 Å². The largest absolute Gasteiger partial charge is 0.478 e. The lowest BCUT2D eigenvalue weighted by atomic mass is 10.3. The first kappa shape index (κ1) is 10.2. The number of rotatable bonds is 4. The maximum Gasteiger partial charge on any atom is 0.337 e. The first-order valence-corrected chi connectivity index (χ1v) is 5.06. The number of carboxylic acid groups (broad SMARTS) is 1. The summed E-state index contributed by atoms with van der Waals surface area (Å²) in [6.45, 7) is 0.605. The maximum atomic E-state index is 10.8. The molecule has 1 aliphatic rings. The van der Waals surface area contributed by atoms with E-state index in [9.17, 15) is 4.79 Å². The number of carbonyl (C=O) groups is 1. The molecule has 0 unspecified atom stereocenters. The van der Waals surface area contributed by atoms with Gasteiger partial charge in [-0.15, -0.1) is 0 Å². The first-order valence-electron chi connectivity index (χ1n) is 4.68. The molecule has 1 fully saturated rings. The highest BCUT2D eigenvalue weighted by atomic mass is 35.5. The highest BCUT2D eigenvalue weighted by molar-refractivity contribution is 6.33. The van der Waals surface area contributed by atoms with Gasteiger partial charge >= 0.3 is 5.97 Å². The molecule has 1 N–H and O–H groups in total. The minimum Gasteiger partial charge on any atom is -0.478 e. The maximum absolute atomic E-state index is 10.8. The Morgan fingerprint density at radius 2 is 2.40 bits per heavy atom. The summed E-state index contributed by atoms with van der Waals surface area (Å²) in [5.74, 6) is -0.141. The average molecular weight is 228 g/mol. The second kappa shape index (κ2) is 4.06. The molecule has 1 heterocycles. The molecule has 0 saturated heterocycles. The van der Waals surface area contributed by atoms with Crippen molar-refractivity contribution >= 4 is 17.6 Å². The van der Waals surface area contributed by atoms with Crippen LogP contribution in [0.4, 0.5) is 0 Å². The lowest BCUT2D eigenvalue weighted by Crippen LogP contribution is -2.04. The molecular weight excluding hydrogens is 218 g/mol. The Labute approximate surface area is 91.8 Å². The number of aromatic nitrogens is 1. The van der Waals surface area contributed by atoms with E-state index in [0.29, 0.717) is 18.4 Å². The monoisotopic (exact) mass is 227 g/mol. The molecule has 15 heavy (non-hydrogen) atoms. The third-order valence-corrected chi connectivity index (χ3v) is 2.53. The summed E-state index contributed by atoms with van der Waals surface area (Å²) >= 11 is 5.67. The van der Waals surface area contributed by atoms with Crippen LogP contribution >= 0.6 is 11.6 Å². The lowest BCUT2D eigenvalue weighted by Gasteiger charge is -2.05. The SMILES string of the molecule is O=C(O)c1cc(OCC2CC2)ncc1Cl. The molecule has 0 spiro atoms. The van der Waals surface area contributed by atoms with E-state index < -0.39 is 5.97 Å². The van der Waals surface area contributed by atoms with Crippen molar-refractivity contribution in [3.63, 3.8) is 0 Å². The lowest BCUT2D eigenvalue weighted by molar-refractivity contribution is 0.0696. The van der Waals surface area contributed by atoms with Crippen LogP contribution in [0.15, 0.2) is 12.3 Å². The predicted molar refractivity (Wildman–Crippen MR) is 54.4 cm³/mol. The molecule has 4 nitrogen and oxygen atoms in total. The number of hydrogen-bond acceptors (Lipinski definition) is 3. The molecule has 0 aliphatic heterocycles. The van der Waals surface area contributed by atoms with Crippen LogP contribution in [0.25, 0.3) is 0 Å². The third kappa shape index (κ3) is 2.59. The summed E-state index contributed by atoms with van der Waals surface area (Å²) in [7, 11) is 0. The molecule has 5 heteroatoms. The van der Waals surface area contributed by atoms with Crippen molar-refractivity contribution in [3.05, 3.63) is 22.8 Å². The van der Waals surface area contributed by atoms with Gasteiger partial charge in [0.1, 0.15) is 0 Å². The van der Waals surface area contributed by atoms with Gasteiger partial charge < -0.3 is 9.84 Å². The molecular formula is C10H10ClNO3. The third-order valence-electron chi connectivity index (χ3n) is 2.22. The number of halogens is 1. The van der Waals surface area contributed by atoms with Crippen LogP contribution < -0.4 is 4.74 Å². The summed E-state index contributed by atoms with van der Waals surface area (Å²) < 4.78 is 5.34. The van der Waals surface area contributed by atoms with Gasteiger partial charge in [0.15, 0.2) is 0 Å². The summed E-state index contributed by atoms with van der Waals surface area (Å²) in [6, 6.07) is 1.35. The van der Waals surface area contributed by atoms with Gasteiger partial charge in [0, 0.05) is 6.07 Å². The number of ether oxygens (including phenoxy) is 1. The Hall–Kier alpha value is -1.29. The van der Waals surface area contributed by atoms with E-state index in [2.05, 4.69) is 4.98 Å². The highest BCUT2D eigenvalue weighted by Gasteiger charge is 2.22. The molecule has 80 valence electrons. The Bertz CT molecular complexity index is 390. The normalized spacial score (nSPS) is 15.0. The van der Waals surface area contributed by atoms with Gasteiger partial charge in [0.2, 0.25) is 5.88 Å². The van der Waals surface area contributed by atoms with E-state index in [1.54, 1.807) is 0 Å². The summed E-state index contributed by atoms with van der Waals surface area (Å²) in [6.07, 6.45) is 3.66. The summed E-state index contributed by atoms with van der Waals surface area (Å²) in [5.41, 5.74) is 0.0254. The van der Waals surface area contributed by atoms with E-state index in [-0.39, 0.29) is 10.6 Å². The van der Waals surface area contributed by atoms with Gasteiger partial charge in [-0.2, -0.15) is 0 Å². The zero-order valence-electron chi connectivity index (χ0n) is 7.94. The number of carboxylic acids is 1. The molecule has 1 aromatic heterocycles. The van der Waals surface area contributed by atoms with E-state index in [1.807, 2.05) is 0 Å². The Morgan fingerprint density at radius 3 is 3.00 bits per heavy atom. The van der Waals surface area contributed by atoms with Gasteiger partial charge in [0.25, 0.3) is 0 Å². The quantitative estimate of drug-likeness (QED) is 0.857. The van der Waals surface area contributed by atoms with E-state index in [1.165, 1.54) is 25.1 Å². The molecule has 1 saturated carbocycles. The minimum atomic E-state index is -1.07. The Kier molecular flexibility index (Phi) is 2.77. The van der Waals surface area contributed by atoms with Crippen LogP contribution in [0.3, 0.4) is 0 Å². The fourth-order valence-electron chi connectivity index (χ4n) is 1.15. The van der Waals surface area contributed by atoms with E-state index in [0.717, 1.165) is 0 Å². The number of pyridine rings is 1. The van der Waals surface area contributed by atoms with Crippen molar-refractivity contribution < 1.29 is 14.6 Å². The average Bonchev–Trinajstić information content (AvgIpc) is 3.00. The summed E-state index contributed by atoms with van der Waals surface area (Å²) in [5, 5.41) is 8.94. The van der Waals surface area contributed by atoms with Crippen LogP contribution in [-0.2, 0) is 0 Å². The van der Waals surface area contributed by atoms with Gasteiger partial charge in [-0.3, -0.25) is 0 Å². The van der Waals surface area contributed by atoms with Crippen molar-refractivity contribution in [2.45, 2.75) is 12.8 Å². The van der Waals surface area contributed by atoms with Crippen molar-refractivity contribution in [2.75, 3.05) is 6.61 Å². The predicted octanol–water partition coefficient (Wildman–Crippen LogP) is 2.22. The molecule has 0 bridgehead atoms. The second-order valence-corrected chi connectivity index (χ2v) is 3.97. The molecule has 1 aliphatic carbocycles. The van der Waals surface area contributed by atoms with Crippen LogP contribution in [0.1, 0.15) is 23.2 Å². The van der Waals surface area contributed by atoms with Crippen LogP contribution in [0.2, 0.25) is 5.02 Å². The number of nitrogens with zero attached hydrogens (tertiary/aromatic N) is 1. The van der Waals surface area contributed by atoms with E-state index in [4.69, 9.17) is 21.4 Å². The van der Waals surface area contributed by atoms with Crippen molar-refractivity contribution in [1.82, 2.24) is 4.98 Å². The van der Waals surface area contributed by atoms with Crippen LogP contribution in [0, 0.1) is 5.92 Å². The van der Waals surface area contributed by atoms with Gasteiger partial charge in [-0.1, -0.05) is 11.6 Å². The van der Waals surface area contributed by atoms with Gasteiger partial charge in [0.05, 0.1) is 23.4 Å². The Balaban J connectivity index is 2.10. The molecule has 2 rings (SSSR count). The van der Waals surface area contributed by atoms with Crippen molar-refractivity contribution in [1.29, 1.82) is 0 Å². The zero-order chi connectivity index (χ0) is 10.8. The van der Waals surface area contributed by atoms with Crippen LogP contribution in [-0.4, -0.2) is 22.7 Å².